The molecule has 0 N–H and O–H groups in total. The number of unbranched alkanes of at least 4 members (excludes halogenated alkanes) is 26. The highest BCUT2D eigenvalue weighted by Crippen LogP contribution is 2.26. The van der Waals surface area contributed by atoms with Crippen LogP contribution >= 0.6 is 11.8 Å². The SMILES string of the molecule is CCCCCCCCCCCCCCCCC(C)SC(C)CCCCCCCCCCCCCCCC. The van der Waals surface area contributed by atoms with Crippen molar-refractivity contribution in [1.82, 2.24) is 0 Å². The lowest BCUT2D eigenvalue weighted by Crippen LogP contribution is -2.05. The molecule has 0 saturated heterocycles. The fourth-order valence-corrected chi connectivity index (χ4v) is 7.18. The standard InChI is InChI=1S/C36H74S/c1-5-7-9-11-13-15-17-19-21-23-25-27-29-31-33-35(3)37-36(4)34-32-30-28-26-24-22-20-18-16-14-12-10-8-6-2/h35-36H,5-34H2,1-4H3. The van der Waals surface area contributed by atoms with E-state index in [0.717, 1.165) is 10.5 Å². The van der Waals surface area contributed by atoms with E-state index in [0.29, 0.717) is 0 Å². The normalized spacial score (nSPS) is 13.3. The van der Waals surface area contributed by atoms with E-state index in [1.807, 2.05) is 0 Å². The predicted octanol–water partition coefficient (Wildman–Crippen LogP) is 14.2. The lowest BCUT2D eigenvalue weighted by atomic mass is 10.0. The van der Waals surface area contributed by atoms with Gasteiger partial charge in [-0.25, -0.2) is 0 Å². The van der Waals surface area contributed by atoms with Crippen molar-refractivity contribution >= 4 is 11.8 Å². The maximum atomic E-state index is 2.48. The van der Waals surface area contributed by atoms with E-state index in [-0.39, 0.29) is 0 Å². The zero-order valence-electron chi connectivity index (χ0n) is 26.8. The summed E-state index contributed by atoms with van der Waals surface area (Å²) in [5.74, 6) is 0. The molecule has 37 heavy (non-hydrogen) atoms. The maximum absolute atomic E-state index is 2.48. The smallest absolute Gasteiger partial charge is 0.00213 e. The third-order valence-electron chi connectivity index (χ3n) is 8.39. The Hall–Kier alpha value is 0.350. The van der Waals surface area contributed by atoms with Crippen molar-refractivity contribution in [2.45, 2.75) is 231 Å². The minimum atomic E-state index is 0.860. The molecular formula is C36H74S. The van der Waals surface area contributed by atoms with Crippen LogP contribution in [0.2, 0.25) is 0 Å². The summed E-state index contributed by atoms with van der Waals surface area (Å²) in [6, 6.07) is 0. The van der Waals surface area contributed by atoms with Gasteiger partial charge in [-0.1, -0.05) is 207 Å². The number of hydrogen-bond acceptors (Lipinski definition) is 1. The van der Waals surface area contributed by atoms with Gasteiger partial charge in [0, 0.05) is 10.5 Å². The molecule has 224 valence electrons. The molecule has 0 heterocycles. The monoisotopic (exact) mass is 539 g/mol. The molecule has 0 bridgehead atoms. The summed E-state index contributed by atoms with van der Waals surface area (Å²) in [5, 5.41) is 1.72. The van der Waals surface area contributed by atoms with Gasteiger partial charge in [0.25, 0.3) is 0 Å². The topological polar surface area (TPSA) is 0 Å². The Morgan fingerprint density at radius 3 is 0.703 bits per heavy atom. The molecule has 0 aromatic rings. The van der Waals surface area contributed by atoms with Crippen LogP contribution in [0.25, 0.3) is 0 Å². The molecule has 0 aliphatic carbocycles. The third-order valence-corrected chi connectivity index (χ3v) is 9.79. The summed E-state index contributed by atoms with van der Waals surface area (Å²) in [5.41, 5.74) is 0. The summed E-state index contributed by atoms with van der Waals surface area (Å²) < 4.78 is 0. The van der Waals surface area contributed by atoms with E-state index in [9.17, 15) is 0 Å². The molecule has 0 nitrogen and oxygen atoms in total. The van der Waals surface area contributed by atoms with Gasteiger partial charge in [-0.3, -0.25) is 0 Å². The lowest BCUT2D eigenvalue weighted by Gasteiger charge is -2.17. The molecule has 2 unspecified atom stereocenters. The first kappa shape index (κ1) is 37.4. The van der Waals surface area contributed by atoms with E-state index < -0.39 is 0 Å². The number of hydrogen-bond donors (Lipinski definition) is 0. The van der Waals surface area contributed by atoms with Crippen molar-refractivity contribution in [1.29, 1.82) is 0 Å². The van der Waals surface area contributed by atoms with Crippen LogP contribution in [-0.4, -0.2) is 10.5 Å². The van der Waals surface area contributed by atoms with Crippen molar-refractivity contribution in [3.05, 3.63) is 0 Å². The molecule has 0 fully saturated rings. The Balaban J connectivity index is 3.27. The van der Waals surface area contributed by atoms with Gasteiger partial charge >= 0.3 is 0 Å². The molecule has 0 aromatic carbocycles. The van der Waals surface area contributed by atoms with E-state index >= 15 is 0 Å². The average Bonchev–Trinajstić information content (AvgIpc) is 2.89. The minimum absolute atomic E-state index is 0.860. The fraction of sp³-hybridized carbons (Fsp3) is 1.00. The molecule has 1 heteroatoms. The Kier molecular flexibility index (Phi) is 32.9. The van der Waals surface area contributed by atoms with Gasteiger partial charge in [0.1, 0.15) is 0 Å². The van der Waals surface area contributed by atoms with E-state index in [2.05, 4.69) is 39.5 Å². The average molecular weight is 539 g/mol. The molecule has 2 atom stereocenters. The molecule has 0 amide bonds. The molecule has 0 radical (unpaired) electrons. The Morgan fingerprint density at radius 1 is 0.297 bits per heavy atom. The van der Waals surface area contributed by atoms with Crippen LogP contribution in [0.15, 0.2) is 0 Å². The fourth-order valence-electron chi connectivity index (χ4n) is 5.79. The highest BCUT2D eigenvalue weighted by Gasteiger charge is 2.09. The zero-order valence-corrected chi connectivity index (χ0v) is 27.6. The van der Waals surface area contributed by atoms with Gasteiger partial charge in [-0.15, -0.1) is 0 Å². The largest absolute Gasteiger partial charge is 0.156 e. The van der Waals surface area contributed by atoms with Gasteiger partial charge < -0.3 is 0 Å². The Labute approximate surface area is 242 Å². The van der Waals surface area contributed by atoms with E-state index in [1.54, 1.807) is 0 Å². The Bertz CT molecular complexity index is 356. The molecule has 0 rings (SSSR count). The molecule has 0 aliphatic rings. The van der Waals surface area contributed by atoms with Gasteiger partial charge in [0.2, 0.25) is 0 Å². The highest BCUT2D eigenvalue weighted by atomic mass is 32.2. The van der Waals surface area contributed by atoms with Gasteiger partial charge in [-0.2, -0.15) is 11.8 Å². The van der Waals surface area contributed by atoms with Crippen LogP contribution in [0.5, 0.6) is 0 Å². The second-order valence-corrected chi connectivity index (χ2v) is 14.4. The second kappa shape index (κ2) is 32.6. The van der Waals surface area contributed by atoms with Crippen molar-refractivity contribution in [3.8, 4) is 0 Å². The van der Waals surface area contributed by atoms with Crippen LogP contribution < -0.4 is 0 Å². The van der Waals surface area contributed by atoms with E-state index in [4.69, 9.17) is 0 Å². The second-order valence-electron chi connectivity index (χ2n) is 12.5. The number of thioether (sulfide) groups is 1. The van der Waals surface area contributed by atoms with Crippen LogP contribution in [0.3, 0.4) is 0 Å². The lowest BCUT2D eigenvalue weighted by molar-refractivity contribution is 0.531. The quantitative estimate of drug-likeness (QED) is 0.0767. The summed E-state index contributed by atoms with van der Waals surface area (Å²) in [7, 11) is 0. The molecule has 0 spiro atoms. The maximum Gasteiger partial charge on any atom is 0.00213 e. The highest BCUT2D eigenvalue weighted by molar-refractivity contribution is 8.00. The molecular weight excluding hydrogens is 464 g/mol. The zero-order chi connectivity index (χ0) is 27.1. The molecule has 0 aliphatic heterocycles. The van der Waals surface area contributed by atoms with Crippen LogP contribution in [0.1, 0.15) is 220 Å². The van der Waals surface area contributed by atoms with Crippen LogP contribution in [-0.2, 0) is 0 Å². The molecule has 0 aromatic heterocycles. The van der Waals surface area contributed by atoms with Crippen molar-refractivity contribution in [2.75, 3.05) is 0 Å². The van der Waals surface area contributed by atoms with E-state index in [1.165, 1.54) is 193 Å². The van der Waals surface area contributed by atoms with Crippen LogP contribution in [0.4, 0.5) is 0 Å². The van der Waals surface area contributed by atoms with Gasteiger partial charge in [-0.05, 0) is 12.8 Å². The first-order valence-electron chi connectivity index (χ1n) is 17.9. The van der Waals surface area contributed by atoms with Crippen molar-refractivity contribution < 1.29 is 0 Å². The first-order valence-corrected chi connectivity index (χ1v) is 18.8. The first-order chi connectivity index (χ1) is 18.2. The minimum Gasteiger partial charge on any atom is -0.156 e. The molecule has 0 saturated carbocycles. The van der Waals surface area contributed by atoms with Gasteiger partial charge in [0.15, 0.2) is 0 Å². The van der Waals surface area contributed by atoms with Gasteiger partial charge in [0.05, 0.1) is 0 Å². The summed E-state index contributed by atoms with van der Waals surface area (Å²) in [6.45, 7) is 9.58. The summed E-state index contributed by atoms with van der Waals surface area (Å²) in [6.07, 6.45) is 43.9. The number of rotatable bonds is 32. The predicted molar refractivity (Wildman–Crippen MR) is 176 cm³/mol. The van der Waals surface area contributed by atoms with Crippen LogP contribution in [0, 0.1) is 0 Å². The summed E-state index contributed by atoms with van der Waals surface area (Å²) in [4.78, 5) is 0. The summed E-state index contributed by atoms with van der Waals surface area (Å²) >= 11 is 2.27. The Morgan fingerprint density at radius 2 is 0.486 bits per heavy atom. The van der Waals surface area contributed by atoms with Crippen molar-refractivity contribution in [3.63, 3.8) is 0 Å². The van der Waals surface area contributed by atoms with Crippen molar-refractivity contribution in [2.24, 2.45) is 0 Å². The third kappa shape index (κ3) is 32.5.